The topological polar surface area (TPSA) is 73.9 Å². The molecule has 0 aliphatic heterocycles. The normalized spacial score (nSPS) is 9.95. The molecule has 0 radical (unpaired) electrons. The van der Waals surface area contributed by atoms with Crippen molar-refractivity contribution < 1.29 is 23.8 Å². The molecule has 0 aliphatic rings. The first-order chi connectivity index (χ1) is 10.6. The van der Waals surface area contributed by atoms with Gasteiger partial charge < -0.3 is 19.5 Å². The Morgan fingerprint density at radius 2 is 1.91 bits per heavy atom. The Hall–Kier alpha value is -2.24. The van der Waals surface area contributed by atoms with E-state index in [0.29, 0.717) is 31.1 Å². The number of hydrogen-bond donors (Lipinski definition) is 1. The van der Waals surface area contributed by atoms with Crippen molar-refractivity contribution >= 4 is 11.9 Å². The van der Waals surface area contributed by atoms with Gasteiger partial charge in [-0.1, -0.05) is 6.07 Å². The van der Waals surface area contributed by atoms with Crippen molar-refractivity contribution in [1.82, 2.24) is 5.32 Å². The minimum Gasteiger partial charge on any atom is -0.493 e. The van der Waals surface area contributed by atoms with Crippen LogP contribution in [0.1, 0.15) is 25.8 Å². The van der Waals surface area contributed by atoms with Gasteiger partial charge in [0.15, 0.2) is 11.5 Å². The molecule has 22 heavy (non-hydrogen) atoms. The Morgan fingerprint density at radius 1 is 1.14 bits per heavy atom. The highest BCUT2D eigenvalue weighted by atomic mass is 16.5. The summed E-state index contributed by atoms with van der Waals surface area (Å²) in [5, 5.41) is 2.69. The summed E-state index contributed by atoms with van der Waals surface area (Å²) in [6.45, 7) is 4.88. The molecule has 0 bridgehead atoms. The maximum absolute atomic E-state index is 11.5. The number of methoxy groups -OCH3 is 1. The first-order valence-corrected chi connectivity index (χ1v) is 7.32. The molecule has 0 unspecified atom stereocenters. The molecule has 0 atom stereocenters. The second kappa shape index (κ2) is 9.65. The van der Waals surface area contributed by atoms with Crippen LogP contribution in [0.2, 0.25) is 0 Å². The smallest absolute Gasteiger partial charge is 0.315 e. The van der Waals surface area contributed by atoms with E-state index in [4.69, 9.17) is 14.2 Å². The van der Waals surface area contributed by atoms with E-state index in [1.54, 1.807) is 14.0 Å². The molecule has 0 fully saturated rings. The SMILES string of the molecule is CCOC(=O)CC(=O)NCCc1ccc(OC)c(OCC)c1. The predicted molar refractivity (Wildman–Crippen MR) is 82.1 cm³/mol. The molecule has 0 saturated heterocycles. The molecule has 1 rings (SSSR count). The summed E-state index contributed by atoms with van der Waals surface area (Å²) in [4.78, 5) is 22.7. The Labute approximate surface area is 130 Å². The highest BCUT2D eigenvalue weighted by Crippen LogP contribution is 2.28. The van der Waals surface area contributed by atoms with Crippen LogP contribution in [0.3, 0.4) is 0 Å². The summed E-state index contributed by atoms with van der Waals surface area (Å²) in [6.07, 6.45) is 0.388. The first-order valence-electron chi connectivity index (χ1n) is 7.32. The minimum atomic E-state index is -0.511. The van der Waals surface area contributed by atoms with E-state index < -0.39 is 5.97 Å². The lowest BCUT2D eigenvalue weighted by molar-refractivity contribution is -0.145. The second-order valence-electron chi connectivity index (χ2n) is 4.50. The van der Waals surface area contributed by atoms with Gasteiger partial charge in [-0.25, -0.2) is 0 Å². The van der Waals surface area contributed by atoms with E-state index in [1.807, 2.05) is 25.1 Å². The molecule has 6 nitrogen and oxygen atoms in total. The Balaban J connectivity index is 2.46. The van der Waals surface area contributed by atoms with Crippen LogP contribution in [-0.4, -0.2) is 38.7 Å². The quantitative estimate of drug-likeness (QED) is 0.555. The number of hydrogen-bond acceptors (Lipinski definition) is 5. The van der Waals surface area contributed by atoms with Crippen LogP contribution in [0.25, 0.3) is 0 Å². The molecule has 0 spiro atoms. The third-order valence-electron chi connectivity index (χ3n) is 2.87. The third kappa shape index (κ3) is 6.03. The van der Waals surface area contributed by atoms with E-state index >= 15 is 0 Å². The summed E-state index contributed by atoms with van der Waals surface area (Å²) in [7, 11) is 1.59. The number of benzene rings is 1. The molecule has 122 valence electrons. The van der Waals surface area contributed by atoms with Gasteiger partial charge in [-0.3, -0.25) is 9.59 Å². The molecule has 1 aromatic carbocycles. The number of ether oxygens (including phenoxy) is 3. The summed E-state index contributed by atoms with van der Waals surface area (Å²) in [6, 6.07) is 5.64. The second-order valence-corrected chi connectivity index (χ2v) is 4.50. The van der Waals surface area contributed by atoms with Crippen molar-refractivity contribution in [2.24, 2.45) is 0 Å². The van der Waals surface area contributed by atoms with Gasteiger partial charge in [-0.15, -0.1) is 0 Å². The van der Waals surface area contributed by atoms with Gasteiger partial charge in [0.1, 0.15) is 6.42 Å². The molecular formula is C16H23NO5. The molecule has 0 saturated carbocycles. The van der Waals surface area contributed by atoms with E-state index in [0.717, 1.165) is 5.56 Å². The number of carbonyl (C=O) groups is 2. The van der Waals surface area contributed by atoms with Crippen LogP contribution in [0.5, 0.6) is 11.5 Å². The zero-order valence-electron chi connectivity index (χ0n) is 13.3. The lowest BCUT2D eigenvalue weighted by Gasteiger charge is -2.11. The molecule has 1 N–H and O–H groups in total. The van der Waals surface area contributed by atoms with Crippen molar-refractivity contribution in [2.75, 3.05) is 26.9 Å². The average Bonchev–Trinajstić information content (AvgIpc) is 2.48. The van der Waals surface area contributed by atoms with Crippen molar-refractivity contribution in [3.05, 3.63) is 23.8 Å². The zero-order valence-corrected chi connectivity index (χ0v) is 13.3. The Kier molecular flexibility index (Phi) is 7.81. The standard InChI is InChI=1S/C16H23NO5/c1-4-21-14-10-12(6-7-13(14)20-3)8-9-17-15(18)11-16(19)22-5-2/h6-7,10H,4-5,8-9,11H2,1-3H3,(H,17,18). The van der Waals surface area contributed by atoms with Crippen LogP contribution < -0.4 is 14.8 Å². The number of rotatable bonds is 9. The van der Waals surface area contributed by atoms with Crippen LogP contribution in [-0.2, 0) is 20.7 Å². The number of nitrogens with one attached hydrogen (secondary N) is 1. The minimum absolute atomic E-state index is 0.249. The van der Waals surface area contributed by atoms with Crippen LogP contribution >= 0.6 is 0 Å². The number of amides is 1. The fourth-order valence-corrected chi connectivity index (χ4v) is 1.90. The monoisotopic (exact) mass is 309 g/mol. The van der Waals surface area contributed by atoms with Crippen LogP contribution in [0.15, 0.2) is 18.2 Å². The fraction of sp³-hybridized carbons (Fsp3) is 0.500. The van der Waals surface area contributed by atoms with Gasteiger partial charge in [0.05, 0.1) is 20.3 Å². The summed E-state index contributed by atoms with van der Waals surface area (Å²) in [5.41, 5.74) is 1.01. The molecule has 0 heterocycles. The molecule has 6 heteroatoms. The summed E-state index contributed by atoms with van der Waals surface area (Å²) >= 11 is 0. The third-order valence-corrected chi connectivity index (χ3v) is 2.87. The molecule has 1 amide bonds. The zero-order chi connectivity index (χ0) is 16.4. The predicted octanol–water partition coefficient (Wildman–Crippen LogP) is 1.71. The van der Waals surface area contributed by atoms with E-state index in [-0.39, 0.29) is 18.9 Å². The molecule has 0 aromatic heterocycles. The Bertz CT molecular complexity index is 501. The fourth-order valence-electron chi connectivity index (χ4n) is 1.90. The van der Waals surface area contributed by atoms with Crippen molar-refractivity contribution in [1.29, 1.82) is 0 Å². The van der Waals surface area contributed by atoms with Crippen LogP contribution in [0.4, 0.5) is 0 Å². The van der Waals surface area contributed by atoms with Crippen molar-refractivity contribution in [3.8, 4) is 11.5 Å². The lowest BCUT2D eigenvalue weighted by Crippen LogP contribution is -2.28. The highest BCUT2D eigenvalue weighted by molar-refractivity contribution is 5.94. The van der Waals surface area contributed by atoms with Crippen molar-refractivity contribution in [2.45, 2.75) is 26.7 Å². The van der Waals surface area contributed by atoms with Crippen LogP contribution in [0, 0.1) is 0 Å². The largest absolute Gasteiger partial charge is 0.493 e. The van der Waals surface area contributed by atoms with Gasteiger partial charge in [0, 0.05) is 6.54 Å². The summed E-state index contributed by atoms with van der Waals surface area (Å²) in [5.74, 6) is 0.511. The van der Waals surface area contributed by atoms with E-state index in [2.05, 4.69) is 5.32 Å². The highest BCUT2D eigenvalue weighted by Gasteiger charge is 2.10. The van der Waals surface area contributed by atoms with Gasteiger partial charge in [-0.05, 0) is 38.0 Å². The Morgan fingerprint density at radius 3 is 2.55 bits per heavy atom. The molecule has 1 aromatic rings. The van der Waals surface area contributed by atoms with Gasteiger partial charge in [0.2, 0.25) is 5.91 Å². The maximum atomic E-state index is 11.5. The van der Waals surface area contributed by atoms with Gasteiger partial charge >= 0.3 is 5.97 Å². The van der Waals surface area contributed by atoms with E-state index in [1.165, 1.54) is 0 Å². The van der Waals surface area contributed by atoms with Gasteiger partial charge in [0.25, 0.3) is 0 Å². The first kappa shape index (κ1) is 17.8. The van der Waals surface area contributed by atoms with Crippen molar-refractivity contribution in [3.63, 3.8) is 0 Å². The number of carbonyl (C=O) groups excluding carboxylic acids is 2. The number of esters is 1. The average molecular weight is 309 g/mol. The molecule has 0 aliphatic carbocycles. The van der Waals surface area contributed by atoms with Gasteiger partial charge in [-0.2, -0.15) is 0 Å². The molecular weight excluding hydrogens is 286 g/mol. The summed E-state index contributed by atoms with van der Waals surface area (Å²) < 4.78 is 15.4. The van der Waals surface area contributed by atoms with E-state index in [9.17, 15) is 9.59 Å². The lowest BCUT2D eigenvalue weighted by atomic mass is 10.1. The maximum Gasteiger partial charge on any atom is 0.315 e.